The number of hydrogen-bond donors (Lipinski definition) is 1. The first-order valence-electron chi connectivity index (χ1n) is 10.6. The van der Waals surface area contributed by atoms with E-state index >= 15 is 0 Å². The Hall–Kier alpha value is -1.10. The van der Waals surface area contributed by atoms with Crippen LogP contribution in [0.5, 0.6) is 0 Å². The van der Waals surface area contributed by atoms with Gasteiger partial charge in [0.15, 0.2) is 0 Å². The molecule has 0 aromatic heterocycles. The highest BCUT2D eigenvalue weighted by atomic mass is 16.3. The summed E-state index contributed by atoms with van der Waals surface area (Å²) in [6, 6.07) is 0. The molecule has 2 unspecified atom stereocenters. The number of amides is 2. The summed E-state index contributed by atoms with van der Waals surface area (Å²) in [6.45, 7) is 2.19. The molecule has 1 N–H and O–H groups in total. The average Bonchev–Trinajstić information content (AvgIpc) is 2.95. The molecule has 5 atom stereocenters. The number of aliphatic hydroxyl groups is 1. The van der Waals surface area contributed by atoms with E-state index in [4.69, 9.17) is 0 Å². The maximum atomic E-state index is 13.2. The zero-order valence-electron chi connectivity index (χ0n) is 16.0. The van der Waals surface area contributed by atoms with E-state index in [0.717, 1.165) is 64.5 Å². The molecule has 4 saturated carbocycles. The summed E-state index contributed by atoms with van der Waals surface area (Å²) in [4.78, 5) is 29.7. The molecule has 2 heterocycles. The lowest BCUT2D eigenvalue weighted by Gasteiger charge is -2.60. The van der Waals surface area contributed by atoms with Crippen molar-refractivity contribution < 1.29 is 14.7 Å². The molecule has 2 amide bonds. The molecule has 5 nitrogen and oxygen atoms in total. The third kappa shape index (κ3) is 2.53. The van der Waals surface area contributed by atoms with E-state index in [2.05, 4.69) is 0 Å². The minimum absolute atomic E-state index is 0.0268. The second-order valence-electron chi connectivity index (χ2n) is 10.5. The van der Waals surface area contributed by atoms with Crippen LogP contribution in [0.4, 0.5) is 0 Å². The summed E-state index contributed by atoms with van der Waals surface area (Å²) >= 11 is 0. The molecule has 0 aromatic rings. The fourth-order valence-electron chi connectivity index (χ4n) is 7.77. The van der Waals surface area contributed by atoms with Gasteiger partial charge in [0.1, 0.15) is 0 Å². The normalized spacial score (nSPS) is 47.2. The predicted molar refractivity (Wildman–Crippen MR) is 97.2 cm³/mol. The molecule has 6 aliphatic rings. The molecule has 0 radical (unpaired) electrons. The second-order valence-corrected chi connectivity index (χ2v) is 10.5. The lowest BCUT2D eigenvalue weighted by Crippen LogP contribution is -2.56. The van der Waals surface area contributed by atoms with Gasteiger partial charge in [0.2, 0.25) is 11.8 Å². The van der Waals surface area contributed by atoms with Crippen molar-refractivity contribution >= 4 is 11.8 Å². The molecule has 144 valence electrons. The Morgan fingerprint density at radius 2 is 1.88 bits per heavy atom. The van der Waals surface area contributed by atoms with Gasteiger partial charge in [0.05, 0.1) is 11.0 Å². The second kappa shape index (κ2) is 5.46. The molecule has 1 spiro atoms. The van der Waals surface area contributed by atoms with Crippen LogP contribution in [0.25, 0.3) is 0 Å². The van der Waals surface area contributed by atoms with Crippen molar-refractivity contribution in [2.75, 3.05) is 26.7 Å². The number of nitrogens with zero attached hydrogens (tertiary/aromatic N) is 2. The Labute approximate surface area is 156 Å². The molecule has 26 heavy (non-hydrogen) atoms. The highest BCUT2D eigenvalue weighted by Gasteiger charge is 2.58. The lowest BCUT2D eigenvalue weighted by molar-refractivity contribution is -0.171. The van der Waals surface area contributed by atoms with Crippen molar-refractivity contribution in [2.24, 2.45) is 22.7 Å². The average molecular weight is 360 g/mol. The zero-order valence-corrected chi connectivity index (χ0v) is 16.0. The lowest BCUT2D eigenvalue weighted by atomic mass is 9.47. The maximum absolute atomic E-state index is 13.2. The van der Waals surface area contributed by atoms with E-state index in [9.17, 15) is 14.7 Å². The van der Waals surface area contributed by atoms with Crippen molar-refractivity contribution in [1.29, 1.82) is 0 Å². The van der Waals surface area contributed by atoms with Crippen LogP contribution in [0.1, 0.15) is 64.2 Å². The largest absolute Gasteiger partial charge is 0.390 e. The van der Waals surface area contributed by atoms with Gasteiger partial charge in [-0.3, -0.25) is 9.59 Å². The number of rotatable bonds is 2. The number of carbonyl (C=O) groups is 2. The van der Waals surface area contributed by atoms with Gasteiger partial charge in [0, 0.05) is 33.1 Å². The fourth-order valence-corrected chi connectivity index (χ4v) is 7.77. The SMILES string of the molecule is CN1CCC[C@]2(CCN(C(=O)CC34C[C@@H]5C[C@@H](CC(O)(C5)C3)C4)C2)C1=O. The van der Waals surface area contributed by atoms with Crippen molar-refractivity contribution in [3.05, 3.63) is 0 Å². The third-order valence-electron chi connectivity index (χ3n) is 8.33. The molecule has 0 aromatic carbocycles. The first kappa shape index (κ1) is 17.0. The molecular weight excluding hydrogens is 328 g/mol. The molecule has 6 fully saturated rings. The first-order chi connectivity index (χ1) is 12.3. The van der Waals surface area contributed by atoms with E-state index in [1.807, 2.05) is 16.8 Å². The van der Waals surface area contributed by atoms with Gasteiger partial charge < -0.3 is 14.9 Å². The van der Waals surface area contributed by atoms with E-state index in [0.29, 0.717) is 24.8 Å². The van der Waals surface area contributed by atoms with Crippen LogP contribution in [-0.4, -0.2) is 59.0 Å². The van der Waals surface area contributed by atoms with Crippen molar-refractivity contribution in [1.82, 2.24) is 9.80 Å². The van der Waals surface area contributed by atoms with Crippen molar-refractivity contribution in [2.45, 2.75) is 69.8 Å². The van der Waals surface area contributed by atoms with Crippen molar-refractivity contribution in [3.8, 4) is 0 Å². The van der Waals surface area contributed by atoms with Crippen molar-refractivity contribution in [3.63, 3.8) is 0 Å². The quantitative estimate of drug-likeness (QED) is 0.821. The fraction of sp³-hybridized carbons (Fsp3) is 0.905. The van der Waals surface area contributed by atoms with Gasteiger partial charge in [-0.05, 0) is 75.0 Å². The van der Waals surface area contributed by atoms with Gasteiger partial charge in [-0.2, -0.15) is 0 Å². The summed E-state index contributed by atoms with van der Waals surface area (Å²) in [5.74, 6) is 1.71. The Bertz CT molecular complexity index is 633. The Morgan fingerprint density at radius 3 is 2.58 bits per heavy atom. The topological polar surface area (TPSA) is 60.9 Å². The van der Waals surface area contributed by atoms with Gasteiger partial charge >= 0.3 is 0 Å². The molecule has 2 aliphatic heterocycles. The summed E-state index contributed by atoms with van der Waals surface area (Å²) in [5, 5.41) is 10.9. The Morgan fingerprint density at radius 1 is 1.15 bits per heavy atom. The maximum Gasteiger partial charge on any atom is 0.230 e. The first-order valence-corrected chi connectivity index (χ1v) is 10.6. The van der Waals surface area contributed by atoms with Crippen LogP contribution in [0.2, 0.25) is 0 Å². The molecule has 6 rings (SSSR count). The molecule has 4 aliphatic carbocycles. The summed E-state index contributed by atoms with van der Waals surface area (Å²) < 4.78 is 0. The smallest absolute Gasteiger partial charge is 0.230 e. The summed E-state index contributed by atoms with van der Waals surface area (Å²) in [6.07, 6.45) is 9.61. The predicted octanol–water partition coefficient (Wildman–Crippen LogP) is 2.18. The van der Waals surface area contributed by atoms with Gasteiger partial charge in [-0.25, -0.2) is 0 Å². The molecule has 4 bridgehead atoms. The minimum atomic E-state index is -0.501. The number of hydrogen-bond acceptors (Lipinski definition) is 3. The van der Waals surface area contributed by atoms with E-state index < -0.39 is 5.60 Å². The zero-order chi connectivity index (χ0) is 18.2. The van der Waals surface area contributed by atoms with Gasteiger partial charge in [-0.15, -0.1) is 0 Å². The highest BCUT2D eigenvalue weighted by Crippen LogP contribution is 2.63. The van der Waals surface area contributed by atoms with Crippen LogP contribution < -0.4 is 0 Å². The van der Waals surface area contributed by atoms with Gasteiger partial charge in [0.25, 0.3) is 0 Å². The minimum Gasteiger partial charge on any atom is -0.390 e. The van der Waals surface area contributed by atoms with E-state index in [1.54, 1.807) is 0 Å². The van der Waals surface area contributed by atoms with Crippen LogP contribution in [0.3, 0.4) is 0 Å². The van der Waals surface area contributed by atoms with E-state index in [-0.39, 0.29) is 22.6 Å². The molecule has 5 heteroatoms. The van der Waals surface area contributed by atoms with E-state index in [1.165, 1.54) is 6.42 Å². The van der Waals surface area contributed by atoms with Crippen LogP contribution in [0, 0.1) is 22.7 Å². The molecular formula is C21H32N2O3. The summed E-state index contributed by atoms with van der Waals surface area (Å²) in [5.41, 5.74) is -0.792. The summed E-state index contributed by atoms with van der Waals surface area (Å²) in [7, 11) is 1.89. The highest BCUT2D eigenvalue weighted by molar-refractivity contribution is 5.86. The Kier molecular flexibility index (Phi) is 3.58. The third-order valence-corrected chi connectivity index (χ3v) is 8.33. The number of carbonyl (C=O) groups excluding carboxylic acids is 2. The Balaban J connectivity index is 1.29. The van der Waals surface area contributed by atoms with Crippen LogP contribution in [-0.2, 0) is 9.59 Å². The monoisotopic (exact) mass is 360 g/mol. The van der Waals surface area contributed by atoms with Crippen LogP contribution in [0.15, 0.2) is 0 Å². The standard InChI is InChI=1S/C21H32N2O3/c1-22-5-2-3-20(18(22)25)4-6-23(14-20)17(24)12-19-8-15-7-16(9-19)11-21(26,10-15)13-19/h15-16,26H,2-14H2,1H3/t15-,16+,19?,20-,21?/m1/s1. The number of piperidine rings is 1. The van der Waals surface area contributed by atoms with Crippen LogP contribution >= 0.6 is 0 Å². The van der Waals surface area contributed by atoms with Gasteiger partial charge in [-0.1, -0.05) is 0 Å². The molecule has 2 saturated heterocycles. The number of likely N-dealkylation sites (tertiary alicyclic amines) is 2.